The summed E-state index contributed by atoms with van der Waals surface area (Å²) in [6.45, 7) is 0. The van der Waals surface area contributed by atoms with Gasteiger partial charge in [0.2, 0.25) is 0 Å². The molecular formula is C24H22BP. The highest BCUT2D eigenvalue weighted by Gasteiger charge is 2.09. The summed E-state index contributed by atoms with van der Waals surface area (Å²) in [5.74, 6) is 0. The van der Waals surface area contributed by atoms with Gasteiger partial charge < -0.3 is 0 Å². The fourth-order valence-electron chi connectivity index (χ4n) is 3.07. The molecule has 0 N–H and O–H groups in total. The van der Waals surface area contributed by atoms with Gasteiger partial charge in [-0.25, -0.2) is 0 Å². The molecule has 0 saturated heterocycles. The van der Waals surface area contributed by atoms with E-state index in [2.05, 4.69) is 109 Å². The van der Waals surface area contributed by atoms with E-state index in [1.54, 1.807) is 0 Å². The van der Waals surface area contributed by atoms with Gasteiger partial charge in [-0.2, -0.15) is 0 Å². The highest BCUT2D eigenvalue weighted by Crippen LogP contribution is 2.27. The Kier molecular flexibility index (Phi) is 6.05. The summed E-state index contributed by atoms with van der Waals surface area (Å²) in [6, 6.07) is 38.8. The Morgan fingerprint density at radius 1 is 0.385 bits per heavy atom. The number of hydrogen-bond acceptors (Lipinski definition) is 0. The van der Waals surface area contributed by atoms with Crippen molar-refractivity contribution < 1.29 is 0 Å². The Hall–Kier alpha value is -2.63. The van der Waals surface area contributed by atoms with Gasteiger partial charge in [0, 0.05) is 0 Å². The summed E-state index contributed by atoms with van der Waals surface area (Å²) in [6.07, 6.45) is 0. The van der Waals surface area contributed by atoms with E-state index in [0.29, 0.717) is 8.58 Å². The number of benzene rings is 4. The molecule has 4 aromatic carbocycles. The van der Waals surface area contributed by atoms with Crippen LogP contribution in [0.25, 0.3) is 22.3 Å². The topological polar surface area (TPSA) is 0 Å². The molecule has 126 valence electrons. The smallest absolute Gasteiger partial charge is 0.0622 e. The maximum absolute atomic E-state index is 2.25. The Labute approximate surface area is 159 Å². The standard InChI is InChI=1S/C24H19P.BH3/c1-3-11-19(12-4-1)21-15-7-9-17-23(21)25-24-18-10-8-16-22(24)20-13-5-2-6-14-20;/h1-18,25H;1H3. The molecule has 0 nitrogen and oxygen atoms in total. The third-order valence-corrected chi connectivity index (χ3v) is 5.70. The van der Waals surface area contributed by atoms with Crippen LogP contribution in [0.3, 0.4) is 0 Å². The number of rotatable bonds is 4. The SMILES string of the molecule is B.c1ccc(-c2ccccc2Pc2ccccc2-c2ccccc2)cc1. The van der Waals surface area contributed by atoms with Crippen molar-refractivity contribution in [2.75, 3.05) is 0 Å². The van der Waals surface area contributed by atoms with E-state index in [0.717, 1.165) is 0 Å². The van der Waals surface area contributed by atoms with Crippen LogP contribution in [0, 0.1) is 0 Å². The first-order valence-electron chi connectivity index (χ1n) is 8.48. The van der Waals surface area contributed by atoms with E-state index in [1.165, 1.54) is 32.9 Å². The first-order valence-corrected chi connectivity index (χ1v) is 9.48. The van der Waals surface area contributed by atoms with Gasteiger partial charge in [-0.05, 0) is 32.9 Å². The summed E-state index contributed by atoms with van der Waals surface area (Å²) in [7, 11) is 0.625. The molecule has 0 saturated carbocycles. The molecule has 0 aliphatic carbocycles. The number of hydrogen-bond donors (Lipinski definition) is 0. The van der Waals surface area contributed by atoms with Crippen molar-refractivity contribution in [2.45, 2.75) is 0 Å². The fourth-order valence-corrected chi connectivity index (χ4v) is 4.44. The molecule has 4 aromatic rings. The average molecular weight is 352 g/mol. The molecule has 0 atom stereocenters. The van der Waals surface area contributed by atoms with Gasteiger partial charge in [0.25, 0.3) is 0 Å². The summed E-state index contributed by atoms with van der Waals surface area (Å²) < 4.78 is 0. The molecule has 0 unspecified atom stereocenters. The molecule has 0 fully saturated rings. The molecule has 0 aromatic heterocycles. The van der Waals surface area contributed by atoms with Crippen molar-refractivity contribution in [3.63, 3.8) is 0 Å². The molecule has 0 aliphatic heterocycles. The molecule has 2 heteroatoms. The van der Waals surface area contributed by atoms with E-state index >= 15 is 0 Å². The fraction of sp³-hybridized carbons (Fsp3) is 0. The third kappa shape index (κ3) is 3.95. The quantitative estimate of drug-likeness (QED) is 0.376. The molecular weight excluding hydrogens is 330 g/mol. The van der Waals surface area contributed by atoms with E-state index in [1.807, 2.05) is 0 Å². The second kappa shape index (κ2) is 8.65. The van der Waals surface area contributed by atoms with Crippen LogP contribution in [0.4, 0.5) is 0 Å². The Balaban J connectivity index is 0.00000196. The van der Waals surface area contributed by atoms with Crippen LogP contribution in [0.2, 0.25) is 0 Å². The zero-order valence-electron chi connectivity index (χ0n) is 13.9. The van der Waals surface area contributed by atoms with Crippen LogP contribution in [-0.4, -0.2) is 8.41 Å². The van der Waals surface area contributed by atoms with E-state index in [-0.39, 0.29) is 8.41 Å². The van der Waals surface area contributed by atoms with Crippen LogP contribution < -0.4 is 10.6 Å². The van der Waals surface area contributed by atoms with Gasteiger partial charge in [-0.1, -0.05) is 118 Å². The molecule has 0 amide bonds. The second-order valence-corrected chi connectivity index (χ2v) is 7.28. The average Bonchev–Trinajstić information content (AvgIpc) is 2.70. The Morgan fingerprint density at radius 2 is 0.731 bits per heavy atom. The lowest BCUT2D eigenvalue weighted by Crippen LogP contribution is -2.08. The predicted molar refractivity (Wildman–Crippen MR) is 121 cm³/mol. The van der Waals surface area contributed by atoms with Gasteiger partial charge in [0.15, 0.2) is 0 Å². The normalized spacial score (nSPS) is 10.2. The van der Waals surface area contributed by atoms with Crippen molar-refractivity contribution in [1.29, 1.82) is 0 Å². The highest BCUT2D eigenvalue weighted by atomic mass is 31.1. The third-order valence-electron chi connectivity index (χ3n) is 4.29. The molecule has 0 heterocycles. The van der Waals surface area contributed by atoms with Crippen LogP contribution >= 0.6 is 8.58 Å². The Bertz CT molecular complexity index is 884. The lowest BCUT2D eigenvalue weighted by molar-refractivity contribution is 1.64. The minimum Gasteiger partial charge on any atom is -0.0622 e. The lowest BCUT2D eigenvalue weighted by atomic mass is 10.1. The van der Waals surface area contributed by atoms with Crippen molar-refractivity contribution >= 4 is 27.6 Å². The summed E-state index contributed by atoms with van der Waals surface area (Å²) in [4.78, 5) is 0. The molecule has 0 radical (unpaired) electrons. The van der Waals surface area contributed by atoms with E-state index in [4.69, 9.17) is 0 Å². The van der Waals surface area contributed by atoms with Crippen LogP contribution in [0.15, 0.2) is 109 Å². The minimum absolute atomic E-state index is 0. The van der Waals surface area contributed by atoms with E-state index < -0.39 is 0 Å². The van der Waals surface area contributed by atoms with Gasteiger partial charge >= 0.3 is 0 Å². The highest BCUT2D eigenvalue weighted by molar-refractivity contribution is 7.56. The predicted octanol–water partition coefficient (Wildman–Crippen LogP) is 4.47. The minimum atomic E-state index is 0. The van der Waals surface area contributed by atoms with Crippen LogP contribution in [0.5, 0.6) is 0 Å². The maximum atomic E-state index is 2.25. The van der Waals surface area contributed by atoms with Crippen molar-refractivity contribution in [3.05, 3.63) is 109 Å². The van der Waals surface area contributed by atoms with Crippen molar-refractivity contribution in [1.82, 2.24) is 0 Å². The first kappa shape index (κ1) is 18.2. The van der Waals surface area contributed by atoms with E-state index in [9.17, 15) is 0 Å². The van der Waals surface area contributed by atoms with Gasteiger partial charge in [0.1, 0.15) is 0 Å². The largest absolute Gasteiger partial charge is 0.0814 e. The molecule has 4 rings (SSSR count). The molecule has 0 aliphatic rings. The van der Waals surface area contributed by atoms with Crippen LogP contribution in [0.1, 0.15) is 0 Å². The lowest BCUT2D eigenvalue weighted by Gasteiger charge is -2.13. The summed E-state index contributed by atoms with van der Waals surface area (Å²) in [5.41, 5.74) is 5.21. The zero-order valence-corrected chi connectivity index (χ0v) is 14.9. The van der Waals surface area contributed by atoms with Gasteiger partial charge in [-0.15, -0.1) is 0 Å². The summed E-state index contributed by atoms with van der Waals surface area (Å²) >= 11 is 0. The molecule has 0 spiro atoms. The van der Waals surface area contributed by atoms with Crippen molar-refractivity contribution in [3.8, 4) is 22.3 Å². The molecule has 0 bridgehead atoms. The first-order chi connectivity index (χ1) is 12.4. The second-order valence-electron chi connectivity index (χ2n) is 5.95. The monoisotopic (exact) mass is 352 g/mol. The van der Waals surface area contributed by atoms with Gasteiger partial charge in [-0.3, -0.25) is 0 Å². The van der Waals surface area contributed by atoms with Gasteiger partial charge in [0.05, 0.1) is 8.41 Å². The molecule has 26 heavy (non-hydrogen) atoms. The van der Waals surface area contributed by atoms with Crippen molar-refractivity contribution in [2.24, 2.45) is 0 Å². The summed E-state index contributed by atoms with van der Waals surface area (Å²) in [5, 5.41) is 2.77. The Morgan fingerprint density at radius 3 is 1.15 bits per heavy atom. The van der Waals surface area contributed by atoms with Crippen LogP contribution in [-0.2, 0) is 0 Å². The zero-order chi connectivity index (χ0) is 16.9. The maximum Gasteiger partial charge on any atom is 0.0814 e.